The van der Waals surface area contributed by atoms with Gasteiger partial charge in [-0.25, -0.2) is 0 Å². The monoisotopic (exact) mass is 383 g/mol. The van der Waals surface area contributed by atoms with E-state index in [1.165, 1.54) is 7.11 Å². The SMILES string of the molecule is C=CCc1ccc(OCC(=O)NC(CC(=O)OC)c2ccccc2)c(OC)c1. The van der Waals surface area contributed by atoms with Crippen molar-refractivity contribution in [2.45, 2.75) is 18.9 Å². The second-order valence-electron chi connectivity index (χ2n) is 6.08. The Morgan fingerprint density at radius 1 is 1.11 bits per heavy atom. The molecule has 0 bridgehead atoms. The van der Waals surface area contributed by atoms with Crippen molar-refractivity contribution in [3.63, 3.8) is 0 Å². The first-order valence-corrected chi connectivity index (χ1v) is 8.89. The molecule has 0 aliphatic rings. The van der Waals surface area contributed by atoms with Crippen LogP contribution in [0.5, 0.6) is 11.5 Å². The summed E-state index contributed by atoms with van der Waals surface area (Å²) >= 11 is 0. The van der Waals surface area contributed by atoms with Crippen LogP contribution in [0, 0.1) is 0 Å². The number of esters is 1. The fraction of sp³-hybridized carbons (Fsp3) is 0.273. The van der Waals surface area contributed by atoms with E-state index in [4.69, 9.17) is 14.2 Å². The van der Waals surface area contributed by atoms with Crippen molar-refractivity contribution in [1.82, 2.24) is 5.32 Å². The van der Waals surface area contributed by atoms with Crippen LogP contribution in [-0.2, 0) is 20.7 Å². The number of nitrogens with one attached hydrogen (secondary N) is 1. The van der Waals surface area contributed by atoms with Gasteiger partial charge in [-0.1, -0.05) is 42.5 Å². The Balaban J connectivity index is 2.02. The molecule has 2 aromatic rings. The van der Waals surface area contributed by atoms with Crippen LogP contribution in [0.3, 0.4) is 0 Å². The predicted octanol–water partition coefficient (Wildman–Crippen LogP) is 3.22. The van der Waals surface area contributed by atoms with E-state index >= 15 is 0 Å². The van der Waals surface area contributed by atoms with Gasteiger partial charge in [0.2, 0.25) is 0 Å². The number of amides is 1. The minimum Gasteiger partial charge on any atom is -0.493 e. The Kier molecular flexibility index (Phi) is 8.09. The molecular formula is C22H25NO5. The van der Waals surface area contributed by atoms with Crippen LogP contribution in [0.25, 0.3) is 0 Å². The van der Waals surface area contributed by atoms with E-state index in [1.54, 1.807) is 19.3 Å². The highest BCUT2D eigenvalue weighted by atomic mass is 16.5. The maximum absolute atomic E-state index is 12.4. The lowest BCUT2D eigenvalue weighted by Gasteiger charge is -2.19. The van der Waals surface area contributed by atoms with E-state index in [9.17, 15) is 9.59 Å². The molecule has 148 valence electrons. The van der Waals surface area contributed by atoms with E-state index in [1.807, 2.05) is 42.5 Å². The number of ether oxygens (including phenoxy) is 3. The summed E-state index contributed by atoms with van der Waals surface area (Å²) in [6.07, 6.45) is 2.54. The van der Waals surface area contributed by atoms with E-state index in [2.05, 4.69) is 11.9 Å². The number of benzene rings is 2. The highest BCUT2D eigenvalue weighted by molar-refractivity contribution is 5.79. The molecule has 0 heterocycles. The Morgan fingerprint density at radius 3 is 2.50 bits per heavy atom. The van der Waals surface area contributed by atoms with Crippen molar-refractivity contribution in [1.29, 1.82) is 0 Å². The summed E-state index contributed by atoms with van der Waals surface area (Å²) in [5.74, 6) is 0.250. The molecule has 6 heteroatoms. The van der Waals surface area contributed by atoms with Crippen molar-refractivity contribution >= 4 is 11.9 Å². The minimum atomic E-state index is -0.499. The number of carbonyl (C=O) groups is 2. The predicted molar refractivity (Wildman–Crippen MR) is 106 cm³/mol. The third-order valence-electron chi connectivity index (χ3n) is 4.10. The zero-order valence-electron chi connectivity index (χ0n) is 16.1. The summed E-state index contributed by atoms with van der Waals surface area (Å²) < 4.78 is 15.7. The summed E-state index contributed by atoms with van der Waals surface area (Å²) in [6, 6.07) is 14.2. The molecular weight excluding hydrogens is 358 g/mol. The molecule has 0 saturated carbocycles. The van der Waals surface area contributed by atoms with Gasteiger partial charge in [0, 0.05) is 0 Å². The van der Waals surface area contributed by atoms with Crippen LogP contribution < -0.4 is 14.8 Å². The normalized spacial score (nSPS) is 11.2. The van der Waals surface area contributed by atoms with E-state index < -0.39 is 12.0 Å². The van der Waals surface area contributed by atoms with Gasteiger partial charge in [0.25, 0.3) is 5.91 Å². The largest absolute Gasteiger partial charge is 0.493 e. The second kappa shape index (κ2) is 10.8. The molecule has 0 radical (unpaired) electrons. The zero-order chi connectivity index (χ0) is 20.4. The number of hydrogen-bond donors (Lipinski definition) is 1. The Bertz CT molecular complexity index is 804. The average molecular weight is 383 g/mol. The molecule has 0 saturated heterocycles. The van der Waals surface area contributed by atoms with Gasteiger partial charge < -0.3 is 19.5 Å². The smallest absolute Gasteiger partial charge is 0.307 e. The molecule has 28 heavy (non-hydrogen) atoms. The van der Waals surface area contributed by atoms with Crippen LogP contribution in [-0.4, -0.2) is 32.7 Å². The molecule has 2 aromatic carbocycles. The van der Waals surface area contributed by atoms with Crippen LogP contribution in [0.2, 0.25) is 0 Å². The summed E-state index contributed by atoms with van der Waals surface area (Å²) in [7, 11) is 2.86. The molecule has 1 unspecified atom stereocenters. The van der Waals surface area contributed by atoms with E-state index in [0.29, 0.717) is 17.9 Å². The molecule has 2 rings (SSSR count). The third kappa shape index (κ3) is 6.16. The first-order chi connectivity index (χ1) is 13.6. The van der Waals surface area contributed by atoms with Gasteiger partial charge in [-0.05, 0) is 29.7 Å². The summed E-state index contributed by atoms with van der Waals surface area (Å²) in [5, 5.41) is 2.82. The fourth-order valence-electron chi connectivity index (χ4n) is 2.69. The topological polar surface area (TPSA) is 73.9 Å². The maximum Gasteiger partial charge on any atom is 0.307 e. The van der Waals surface area contributed by atoms with Crippen LogP contribution in [0.1, 0.15) is 23.6 Å². The average Bonchev–Trinajstić information content (AvgIpc) is 2.72. The van der Waals surface area contributed by atoms with Gasteiger partial charge in [0.1, 0.15) is 0 Å². The molecule has 1 atom stereocenters. The highest BCUT2D eigenvalue weighted by Gasteiger charge is 2.19. The quantitative estimate of drug-likeness (QED) is 0.504. The molecule has 6 nitrogen and oxygen atoms in total. The number of allylic oxidation sites excluding steroid dienone is 1. The maximum atomic E-state index is 12.4. The Morgan fingerprint density at radius 2 is 1.86 bits per heavy atom. The lowest BCUT2D eigenvalue weighted by atomic mass is 10.0. The number of rotatable bonds is 10. The lowest BCUT2D eigenvalue weighted by Crippen LogP contribution is -2.34. The molecule has 0 aliphatic carbocycles. The van der Waals surface area contributed by atoms with Crippen LogP contribution in [0.15, 0.2) is 61.2 Å². The van der Waals surface area contributed by atoms with Gasteiger partial charge in [-0.2, -0.15) is 0 Å². The summed E-state index contributed by atoms with van der Waals surface area (Å²) in [5.41, 5.74) is 1.85. The third-order valence-corrected chi connectivity index (χ3v) is 4.10. The fourth-order valence-corrected chi connectivity index (χ4v) is 2.69. The standard InChI is InChI=1S/C22H25NO5/c1-4-8-16-11-12-19(20(13-16)26-2)28-15-21(24)23-18(14-22(25)27-3)17-9-6-5-7-10-17/h4-7,9-13,18H,1,8,14-15H2,2-3H3,(H,23,24). The first-order valence-electron chi connectivity index (χ1n) is 8.89. The Hall–Kier alpha value is -3.28. The van der Waals surface area contributed by atoms with Gasteiger partial charge in [0.15, 0.2) is 18.1 Å². The van der Waals surface area contributed by atoms with Crippen molar-refractivity contribution in [3.8, 4) is 11.5 Å². The van der Waals surface area contributed by atoms with E-state index in [0.717, 1.165) is 11.1 Å². The molecule has 0 aromatic heterocycles. The Labute approximate surface area is 165 Å². The lowest BCUT2D eigenvalue weighted by molar-refractivity contribution is -0.141. The van der Waals surface area contributed by atoms with Gasteiger partial charge in [0.05, 0.1) is 26.7 Å². The first kappa shape index (κ1) is 21.0. The van der Waals surface area contributed by atoms with Crippen LogP contribution >= 0.6 is 0 Å². The minimum absolute atomic E-state index is 0.0336. The van der Waals surface area contributed by atoms with Crippen molar-refractivity contribution in [2.75, 3.05) is 20.8 Å². The zero-order valence-corrected chi connectivity index (χ0v) is 16.1. The number of hydrogen-bond acceptors (Lipinski definition) is 5. The highest BCUT2D eigenvalue weighted by Crippen LogP contribution is 2.28. The summed E-state index contributed by atoms with van der Waals surface area (Å²) in [4.78, 5) is 24.1. The van der Waals surface area contributed by atoms with Crippen molar-refractivity contribution in [3.05, 3.63) is 72.3 Å². The van der Waals surface area contributed by atoms with Gasteiger partial charge in [-0.15, -0.1) is 6.58 Å². The van der Waals surface area contributed by atoms with Crippen molar-refractivity contribution < 1.29 is 23.8 Å². The molecule has 1 amide bonds. The molecule has 0 spiro atoms. The molecule has 1 N–H and O–H groups in total. The second-order valence-corrected chi connectivity index (χ2v) is 6.08. The number of carbonyl (C=O) groups excluding carboxylic acids is 2. The summed E-state index contributed by atoms with van der Waals surface area (Å²) in [6.45, 7) is 3.51. The van der Waals surface area contributed by atoms with E-state index in [-0.39, 0.29) is 18.9 Å². The molecule has 0 fully saturated rings. The molecule has 0 aliphatic heterocycles. The van der Waals surface area contributed by atoms with Crippen molar-refractivity contribution in [2.24, 2.45) is 0 Å². The number of methoxy groups -OCH3 is 2. The van der Waals surface area contributed by atoms with Gasteiger partial charge >= 0.3 is 5.97 Å². The van der Waals surface area contributed by atoms with Crippen LogP contribution in [0.4, 0.5) is 0 Å². The van der Waals surface area contributed by atoms with Gasteiger partial charge in [-0.3, -0.25) is 9.59 Å².